The topological polar surface area (TPSA) is 145 Å². The van der Waals surface area contributed by atoms with Gasteiger partial charge in [0.1, 0.15) is 10.6 Å². The van der Waals surface area contributed by atoms with Gasteiger partial charge in [0.15, 0.2) is 0 Å². The smallest absolute Gasteiger partial charge is 0.413 e. The van der Waals surface area contributed by atoms with E-state index in [0.29, 0.717) is 23.3 Å². The summed E-state index contributed by atoms with van der Waals surface area (Å²) in [6.45, 7) is 0.315. The molecule has 1 heterocycles. The van der Waals surface area contributed by atoms with E-state index < -0.39 is 16.2 Å². The fourth-order valence-corrected chi connectivity index (χ4v) is 3.31. The van der Waals surface area contributed by atoms with Crippen molar-refractivity contribution in [1.82, 2.24) is 9.97 Å². The highest BCUT2D eigenvalue weighted by atomic mass is 32.2. The number of hydrogen-bond acceptors (Lipinski definition) is 7. The van der Waals surface area contributed by atoms with Gasteiger partial charge in [-0.05, 0) is 36.4 Å². The first kappa shape index (κ1) is 19.5. The molecule has 0 aliphatic carbocycles. The van der Waals surface area contributed by atoms with Gasteiger partial charge < -0.3 is 24.7 Å². The summed E-state index contributed by atoms with van der Waals surface area (Å²) in [6.07, 6.45) is -1.19. The molecule has 2 aromatic carbocycles. The summed E-state index contributed by atoms with van der Waals surface area (Å²) < 4.78 is 30.1. The number of aromatic nitrogens is 2. The molecule has 10 nitrogen and oxygen atoms in total. The molecule has 11 heteroatoms. The van der Waals surface area contributed by atoms with E-state index in [2.05, 4.69) is 15.3 Å². The van der Waals surface area contributed by atoms with Crippen molar-refractivity contribution in [2.24, 2.45) is 0 Å². The van der Waals surface area contributed by atoms with Gasteiger partial charge in [0.2, 0.25) is 5.95 Å². The van der Waals surface area contributed by atoms with E-state index >= 15 is 0 Å². The van der Waals surface area contributed by atoms with Gasteiger partial charge in [-0.1, -0.05) is 0 Å². The number of aliphatic hydroxyl groups is 1. The molecule has 0 aliphatic heterocycles. The van der Waals surface area contributed by atoms with Crippen LogP contribution in [0.3, 0.4) is 0 Å². The molecule has 0 atom stereocenters. The lowest BCUT2D eigenvalue weighted by Crippen LogP contribution is -2.24. The van der Waals surface area contributed by atoms with E-state index in [9.17, 15) is 13.2 Å². The molecule has 1 aromatic heterocycles. The van der Waals surface area contributed by atoms with Crippen LogP contribution in [-0.2, 0) is 10.1 Å². The van der Waals surface area contributed by atoms with E-state index in [1.54, 1.807) is 12.1 Å². The molecule has 0 saturated carbocycles. The van der Waals surface area contributed by atoms with Crippen molar-refractivity contribution in [3.8, 4) is 5.75 Å². The van der Waals surface area contributed by atoms with E-state index in [4.69, 9.17) is 14.4 Å². The number of nitrogens with zero attached hydrogens (tertiary/aromatic N) is 2. The number of imidazole rings is 1. The molecule has 0 spiro atoms. The van der Waals surface area contributed by atoms with Crippen molar-refractivity contribution in [1.29, 1.82) is 0 Å². The lowest BCUT2D eigenvalue weighted by molar-refractivity contribution is 0.203. The summed E-state index contributed by atoms with van der Waals surface area (Å²) in [4.78, 5) is 18.8. The molecular formula is C17H18N4O6S. The highest BCUT2D eigenvalue weighted by Gasteiger charge is 2.18. The highest BCUT2D eigenvalue weighted by Crippen LogP contribution is 2.25. The van der Waals surface area contributed by atoms with Gasteiger partial charge in [-0.25, -0.2) is 9.78 Å². The van der Waals surface area contributed by atoms with Gasteiger partial charge in [-0.2, -0.15) is 8.42 Å². The van der Waals surface area contributed by atoms with Gasteiger partial charge in [-0.15, -0.1) is 0 Å². The molecule has 0 aliphatic rings. The Labute approximate surface area is 160 Å². The maximum atomic E-state index is 12.5. The van der Waals surface area contributed by atoms with Gasteiger partial charge >= 0.3 is 16.2 Å². The predicted octanol–water partition coefficient (Wildman–Crippen LogP) is 1.85. The molecule has 0 fully saturated rings. The molecule has 0 bridgehead atoms. The number of rotatable bonds is 7. The fraction of sp³-hybridized carbons (Fsp3) is 0.176. The number of fused-ring (bicyclic) bond motifs is 1. The molecule has 3 aromatic rings. The van der Waals surface area contributed by atoms with E-state index in [-0.39, 0.29) is 23.2 Å². The van der Waals surface area contributed by atoms with Crippen LogP contribution in [0.5, 0.6) is 5.75 Å². The zero-order valence-electron chi connectivity index (χ0n) is 14.8. The maximum absolute atomic E-state index is 12.5. The third-order valence-electron chi connectivity index (χ3n) is 3.84. The number of anilines is 2. The monoisotopic (exact) mass is 406 g/mol. The van der Waals surface area contributed by atoms with Crippen molar-refractivity contribution >= 4 is 38.9 Å². The maximum Gasteiger partial charge on any atom is 0.413 e. The third-order valence-corrected chi connectivity index (χ3v) is 5.10. The van der Waals surface area contributed by atoms with E-state index in [1.165, 1.54) is 37.4 Å². The summed E-state index contributed by atoms with van der Waals surface area (Å²) in [6, 6.07) is 10.3. The number of carbonyl (C=O) groups is 1. The lowest BCUT2D eigenvalue weighted by atomic mass is 10.3. The van der Waals surface area contributed by atoms with Gasteiger partial charge in [0.25, 0.3) is 0 Å². The van der Waals surface area contributed by atoms with Crippen LogP contribution in [0, 0.1) is 0 Å². The first-order valence-electron chi connectivity index (χ1n) is 8.16. The number of benzene rings is 2. The Hall–Kier alpha value is -3.31. The van der Waals surface area contributed by atoms with Crippen molar-refractivity contribution in [2.75, 3.05) is 30.4 Å². The zero-order chi connectivity index (χ0) is 20.3. The average molecular weight is 406 g/mol. The van der Waals surface area contributed by atoms with Gasteiger partial charge in [-0.3, -0.25) is 4.90 Å². The van der Waals surface area contributed by atoms with Crippen molar-refractivity contribution < 1.29 is 27.6 Å². The zero-order valence-corrected chi connectivity index (χ0v) is 15.6. The standard InChI is InChI=1S/C17H18N4O6S/c1-21(17(23)24)16-19-14-7-4-12(10-15(14)20-16)27-28(25,26)13-5-2-11(3-6-13)18-8-9-22/h2-7,10,18,22H,8-9H2,1H3,(H,19,20)(H,23,24). The largest absolute Gasteiger partial charge is 0.465 e. The second kappa shape index (κ2) is 7.74. The quantitative estimate of drug-likeness (QED) is 0.435. The summed E-state index contributed by atoms with van der Waals surface area (Å²) in [5.74, 6) is 0.164. The van der Waals surface area contributed by atoms with Crippen LogP contribution in [0.15, 0.2) is 47.4 Å². The van der Waals surface area contributed by atoms with Crippen LogP contribution in [0.4, 0.5) is 16.4 Å². The Bertz CT molecular complexity index is 1090. The number of aromatic amines is 1. The van der Waals surface area contributed by atoms with Crippen LogP contribution in [-0.4, -0.2) is 54.9 Å². The minimum atomic E-state index is -4.06. The molecule has 0 radical (unpaired) electrons. The molecule has 4 N–H and O–H groups in total. The van der Waals surface area contributed by atoms with E-state index in [0.717, 1.165) is 4.90 Å². The molecule has 1 amide bonds. The SMILES string of the molecule is CN(C(=O)O)c1nc2ccc(OS(=O)(=O)c3ccc(NCCO)cc3)cc2[nH]1. The fourth-order valence-electron chi connectivity index (χ4n) is 2.39. The Morgan fingerprint density at radius 3 is 2.61 bits per heavy atom. The van der Waals surface area contributed by atoms with Crippen LogP contribution in [0.1, 0.15) is 0 Å². The number of nitrogens with one attached hydrogen (secondary N) is 2. The Morgan fingerprint density at radius 2 is 1.96 bits per heavy atom. The summed E-state index contributed by atoms with van der Waals surface area (Å²) in [7, 11) is -2.72. The van der Waals surface area contributed by atoms with Crippen molar-refractivity contribution in [3.63, 3.8) is 0 Å². The number of amides is 1. The molecule has 28 heavy (non-hydrogen) atoms. The number of carboxylic acid groups (broad SMARTS) is 1. The number of aliphatic hydroxyl groups excluding tert-OH is 1. The Kier molecular flexibility index (Phi) is 5.38. The minimum Gasteiger partial charge on any atom is -0.465 e. The van der Waals surface area contributed by atoms with Gasteiger partial charge in [0.05, 0.1) is 17.6 Å². The molecular weight excluding hydrogens is 388 g/mol. The summed E-state index contributed by atoms with van der Waals surface area (Å²) in [5.41, 5.74) is 1.56. The van der Waals surface area contributed by atoms with Crippen molar-refractivity contribution in [3.05, 3.63) is 42.5 Å². The predicted molar refractivity (Wildman–Crippen MR) is 102 cm³/mol. The van der Waals surface area contributed by atoms with Gasteiger partial charge in [0, 0.05) is 25.3 Å². The van der Waals surface area contributed by atoms with E-state index in [1.807, 2.05) is 0 Å². The summed E-state index contributed by atoms with van der Waals surface area (Å²) in [5, 5.41) is 20.7. The summed E-state index contributed by atoms with van der Waals surface area (Å²) >= 11 is 0. The molecule has 148 valence electrons. The van der Waals surface area contributed by atoms with Crippen LogP contribution in [0.25, 0.3) is 11.0 Å². The van der Waals surface area contributed by atoms with Crippen LogP contribution >= 0.6 is 0 Å². The van der Waals surface area contributed by atoms with Crippen LogP contribution in [0.2, 0.25) is 0 Å². The number of hydrogen-bond donors (Lipinski definition) is 4. The second-order valence-electron chi connectivity index (χ2n) is 5.79. The van der Waals surface area contributed by atoms with Crippen LogP contribution < -0.4 is 14.4 Å². The number of H-pyrrole nitrogens is 1. The normalized spacial score (nSPS) is 11.4. The third kappa shape index (κ3) is 4.15. The first-order valence-corrected chi connectivity index (χ1v) is 9.57. The highest BCUT2D eigenvalue weighted by molar-refractivity contribution is 7.87. The minimum absolute atomic E-state index is 0.0296. The second-order valence-corrected chi connectivity index (χ2v) is 7.34. The molecule has 0 unspecified atom stereocenters. The van der Waals surface area contributed by atoms with Crippen molar-refractivity contribution in [2.45, 2.75) is 4.90 Å². The lowest BCUT2D eigenvalue weighted by Gasteiger charge is -2.08. The average Bonchev–Trinajstić information content (AvgIpc) is 3.09. The molecule has 0 saturated heterocycles. The first-order chi connectivity index (χ1) is 13.3. The Balaban J connectivity index is 1.81. The Morgan fingerprint density at radius 1 is 1.25 bits per heavy atom. The molecule has 3 rings (SSSR count).